The van der Waals surface area contributed by atoms with Crippen LogP contribution in [0, 0.1) is 5.92 Å². The Morgan fingerprint density at radius 1 is 1.48 bits per heavy atom. The summed E-state index contributed by atoms with van der Waals surface area (Å²) in [6, 6.07) is 8.30. The number of fused-ring (bicyclic) bond motifs is 1. The molecule has 6 heteroatoms. The maximum absolute atomic E-state index is 12.1. The number of oxazole rings is 1. The number of nitrogens with one attached hydrogen (secondary N) is 1. The average molecular weight is 288 g/mol. The number of para-hydroxylation sites is 2. The third kappa shape index (κ3) is 3.00. The molecule has 1 amide bonds. The number of aromatic nitrogens is 1. The fraction of sp³-hybridized carbons (Fsp3) is 0.467. The van der Waals surface area contributed by atoms with Crippen LogP contribution in [0.1, 0.15) is 12.8 Å². The summed E-state index contributed by atoms with van der Waals surface area (Å²) in [4.78, 5) is 18.6. The number of benzene rings is 1. The lowest BCUT2D eigenvalue weighted by Crippen LogP contribution is -2.44. The van der Waals surface area contributed by atoms with Crippen LogP contribution in [0.2, 0.25) is 0 Å². The van der Waals surface area contributed by atoms with E-state index >= 15 is 0 Å². The molecule has 6 nitrogen and oxygen atoms in total. The van der Waals surface area contributed by atoms with Crippen LogP contribution in [0.5, 0.6) is 0 Å². The zero-order valence-corrected chi connectivity index (χ0v) is 11.9. The molecule has 0 radical (unpaired) electrons. The van der Waals surface area contributed by atoms with Gasteiger partial charge in [-0.1, -0.05) is 12.1 Å². The molecule has 1 aliphatic heterocycles. The topological polar surface area (TPSA) is 84.4 Å². The zero-order chi connectivity index (χ0) is 14.7. The molecule has 1 aromatic heterocycles. The first-order valence-electron chi connectivity index (χ1n) is 7.36. The van der Waals surface area contributed by atoms with E-state index in [0.717, 1.165) is 30.5 Å². The van der Waals surface area contributed by atoms with Crippen molar-refractivity contribution in [2.45, 2.75) is 12.8 Å². The van der Waals surface area contributed by atoms with E-state index in [-0.39, 0.29) is 11.8 Å². The lowest BCUT2D eigenvalue weighted by atomic mass is 9.97. The van der Waals surface area contributed by atoms with Crippen LogP contribution in [0.3, 0.4) is 0 Å². The minimum atomic E-state index is -0.0275. The minimum Gasteiger partial charge on any atom is -0.423 e. The third-order valence-electron chi connectivity index (χ3n) is 3.79. The van der Waals surface area contributed by atoms with E-state index in [0.29, 0.717) is 25.6 Å². The molecule has 1 aromatic carbocycles. The molecule has 3 rings (SSSR count). The van der Waals surface area contributed by atoms with Gasteiger partial charge in [0.15, 0.2) is 5.58 Å². The van der Waals surface area contributed by atoms with Gasteiger partial charge in [0.05, 0.1) is 5.92 Å². The molecule has 0 aliphatic carbocycles. The van der Waals surface area contributed by atoms with Gasteiger partial charge in [-0.25, -0.2) is 0 Å². The molecular weight excluding hydrogens is 268 g/mol. The lowest BCUT2D eigenvalue weighted by Gasteiger charge is -2.30. The van der Waals surface area contributed by atoms with Crippen molar-refractivity contribution in [1.29, 1.82) is 0 Å². The number of hydrogen-bond acceptors (Lipinski definition) is 5. The summed E-state index contributed by atoms with van der Waals surface area (Å²) >= 11 is 0. The van der Waals surface area contributed by atoms with E-state index in [4.69, 9.17) is 10.2 Å². The molecule has 1 unspecified atom stereocenters. The highest BCUT2D eigenvalue weighted by Gasteiger charge is 2.27. The predicted molar refractivity (Wildman–Crippen MR) is 81.0 cm³/mol. The van der Waals surface area contributed by atoms with Crippen LogP contribution in [0.4, 0.5) is 6.01 Å². The standard InChI is InChI=1S/C15H20N4O2/c16-7-8-17-14(20)11-4-3-9-19(10-11)15-18-12-5-1-2-6-13(12)21-15/h1-2,5-6,11H,3-4,7-10,16H2,(H,17,20). The number of amides is 1. The van der Waals surface area contributed by atoms with Gasteiger partial charge in [0.2, 0.25) is 5.91 Å². The van der Waals surface area contributed by atoms with Crippen LogP contribution >= 0.6 is 0 Å². The van der Waals surface area contributed by atoms with Crippen molar-refractivity contribution in [2.24, 2.45) is 11.7 Å². The van der Waals surface area contributed by atoms with Gasteiger partial charge in [-0.3, -0.25) is 4.79 Å². The molecule has 1 saturated heterocycles. The molecule has 1 aliphatic rings. The van der Waals surface area contributed by atoms with Gasteiger partial charge in [-0.05, 0) is 25.0 Å². The van der Waals surface area contributed by atoms with Gasteiger partial charge in [-0.15, -0.1) is 0 Å². The Hall–Kier alpha value is -2.08. The van der Waals surface area contributed by atoms with Gasteiger partial charge >= 0.3 is 0 Å². The van der Waals surface area contributed by atoms with Crippen LogP contribution in [-0.4, -0.2) is 37.1 Å². The number of carbonyl (C=O) groups excluding carboxylic acids is 1. The summed E-state index contributed by atoms with van der Waals surface area (Å²) in [5.74, 6) is 0.0431. The van der Waals surface area contributed by atoms with Crippen LogP contribution in [-0.2, 0) is 4.79 Å². The van der Waals surface area contributed by atoms with Crippen molar-refractivity contribution in [1.82, 2.24) is 10.3 Å². The first-order chi connectivity index (χ1) is 10.3. The number of anilines is 1. The quantitative estimate of drug-likeness (QED) is 0.880. The monoisotopic (exact) mass is 288 g/mol. The molecule has 112 valence electrons. The maximum Gasteiger partial charge on any atom is 0.298 e. The summed E-state index contributed by atoms with van der Waals surface area (Å²) in [6.45, 7) is 2.50. The minimum absolute atomic E-state index is 0.0275. The summed E-state index contributed by atoms with van der Waals surface area (Å²) in [5.41, 5.74) is 7.05. The number of piperidine rings is 1. The van der Waals surface area contributed by atoms with E-state index < -0.39 is 0 Å². The fourth-order valence-corrected chi connectivity index (χ4v) is 2.70. The highest BCUT2D eigenvalue weighted by atomic mass is 16.4. The van der Waals surface area contributed by atoms with Crippen LogP contribution < -0.4 is 16.0 Å². The van der Waals surface area contributed by atoms with Crippen molar-refractivity contribution >= 4 is 23.0 Å². The van der Waals surface area contributed by atoms with Gasteiger partial charge < -0.3 is 20.4 Å². The van der Waals surface area contributed by atoms with Crippen molar-refractivity contribution in [3.63, 3.8) is 0 Å². The lowest BCUT2D eigenvalue weighted by molar-refractivity contribution is -0.125. The Labute approximate surface area is 123 Å². The second-order valence-electron chi connectivity index (χ2n) is 5.33. The Morgan fingerprint density at radius 3 is 3.14 bits per heavy atom. The highest BCUT2D eigenvalue weighted by Crippen LogP contribution is 2.26. The van der Waals surface area contributed by atoms with Gasteiger partial charge in [0.1, 0.15) is 5.52 Å². The van der Waals surface area contributed by atoms with E-state index in [1.54, 1.807) is 0 Å². The Morgan fingerprint density at radius 2 is 2.33 bits per heavy atom. The summed E-state index contributed by atoms with van der Waals surface area (Å²) < 4.78 is 5.78. The molecular formula is C15H20N4O2. The van der Waals surface area contributed by atoms with Crippen molar-refractivity contribution in [3.05, 3.63) is 24.3 Å². The fourth-order valence-electron chi connectivity index (χ4n) is 2.70. The van der Waals surface area contributed by atoms with Gasteiger partial charge in [-0.2, -0.15) is 4.98 Å². The molecule has 1 fully saturated rings. The summed E-state index contributed by atoms with van der Waals surface area (Å²) in [6.07, 6.45) is 1.85. The first-order valence-corrected chi connectivity index (χ1v) is 7.36. The Balaban J connectivity index is 1.72. The summed E-state index contributed by atoms with van der Waals surface area (Å²) in [7, 11) is 0. The molecule has 0 saturated carbocycles. The third-order valence-corrected chi connectivity index (χ3v) is 3.79. The van der Waals surface area contributed by atoms with E-state index in [9.17, 15) is 4.79 Å². The molecule has 1 atom stereocenters. The van der Waals surface area contributed by atoms with Gasteiger partial charge in [0, 0.05) is 26.2 Å². The van der Waals surface area contributed by atoms with Crippen LogP contribution in [0.25, 0.3) is 11.1 Å². The Bertz CT molecular complexity index is 592. The van der Waals surface area contributed by atoms with E-state index in [2.05, 4.69) is 15.2 Å². The predicted octanol–water partition coefficient (Wildman–Crippen LogP) is 1.12. The normalized spacial score (nSPS) is 18.9. The molecule has 3 N–H and O–H groups in total. The first kappa shape index (κ1) is 13.9. The van der Waals surface area contributed by atoms with E-state index in [1.165, 1.54) is 0 Å². The number of hydrogen-bond donors (Lipinski definition) is 2. The largest absolute Gasteiger partial charge is 0.423 e. The second-order valence-corrected chi connectivity index (χ2v) is 5.33. The van der Waals surface area contributed by atoms with Crippen molar-refractivity contribution in [3.8, 4) is 0 Å². The molecule has 2 heterocycles. The SMILES string of the molecule is NCCNC(=O)C1CCCN(c2nc3ccccc3o2)C1. The number of carbonyl (C=O) groups is 1. The number of rotatable bonds is 4. The second kappa shape index (κ2) is 6.13. The molecule has 0 spiro atoms. The Kier molecular flexibility index (Phi) is 4.06. The van der Waals surface area contributed by atoms with Crippen LogP contribution in [0.15, 0.2) is 28.7 Å². The number of nitrogens with zero attached hydrogens (tertiary/aromatic N) is 2. The highest BCUT2D eigenvalue weighted by molar-refractivity contribution is 5.79. The molecule has 0 bridgehead atoms. The van der Waals surface area contributed by atoms with Crippen molar-refractivity contribution in [2.75, 3.05) is 31.1 Å². The maximum atomic E-state index is 12.1. The summed E-state index contributed by atoms with van der Waals surface area (Å²) in [5, 5.41) is 2.86. The molecule has 21 heavy (non-hydrogen) atoms. The number of nitrogens with two attached hydrogens (primary N) is 1. The van der Waals surface area contributed by atoms with E-state index in [1.807, 2.05) is 24.3 Å². The average Bonchev–Trinajstić information content (AvgIpc) is 2.97. The van der Waals surface area contributed by atoms with Crippen molar-refractivity contribution < 1.29 is 9.21 Å². The zero-order valence-electron chi connectivity index (χ0n) is 11.9. The van der Waals surface area contributed by atoms with Gasteiger partial charge in [0.25, 0.3) is 6.01 Å². The molecule has 2 aromatic rings. The smallest absolute Gasteiger partial charge is 0.298 e.